The van der Waals surface area contributed by atoms with Crippen molar-refractivity contribution in [3.8, 4) is 5.75 Å². The maximum Gasteiger partial charge on any atom is 0.355 e. The van der Waals surface area contributed by atoms with Crippen LogP contribution >= 0.6 is 18.9 Å². The number of para-hydroxylation sites is 1. The maximum absolute atomic E-state index is 16.1. The number of alkyl halides is 1. The molecule has 1 unspecified atom stereocenters. The van der Waals surface area contributed by atoms with Crippen molar-refractivity contribution in [1.29, 1.82) is 0 Å². The van der Waals surface area contributed by atoms with Gasteiger partial charge in [0.2, 0.25) is 5.91 Å². The summed E-state index contributed by atoms with van der Waals surface area (Å²) in [5.41, 5.74) is 0.838. The van der Waals surface area contributed by atoms with Gasteiger partial charge in [0.05, 0.1) is 0 Å². The van der Waals surface area contributed by atoms with Gasteiger partial charge >= 0.3 is 19.5 Å². The number of hydrogen-bond donors (Lipinski definition) is 1. The first-order valence-electron chi connectivity index (χ1n) is 12.1. The molecule has 0 amide bonds. The third-order valence-corrected chi connectivity index (χ3v) is 8.80. The topological polar surface area (TPSA) is 90.9 Å². The molecule has 39 heavy (non-hydrogen) atoms. The Bertz CT molecular complexity index is 1490. The van der Waals surface area contributed by atoms with Crippen LogP contribution in [0.3, 0.4) is 0 Å². The van der Waals surface area contributed by atoms with Crippen LogP contribution in [0.15, 0.2) is 97.6 Å². The van der Waals surface area contributed by atoms with Crippen molar-refractivity contribution in [1.82, 2.24) is 5.09 Å². The summed E-state index contributed by atoms with van der Waals surface area (Å²) in [4.78, 5) is 25.3. The summed E-state index contributed by atoms with van der Waals surface area (Å²) in [5, 5.41) is 3.15. The van der Waals surface area contributed by atoms with Gasteiger partial charge in [-0.15, -0.1) is 11.3 Å². The zero-order valence-corrected chi connectivity index (χ0v) is 22.8. The lowest BCUT2D eigenvalue weighted by molar-refractivity contribution is -0.146. The quantitative estimate of drug-likeness (QED) is 0.110. The van der Waals surface area contributed by atoms with Gasteiger partial charge in [0.25, 0.3) is 0 Å². The third-order valence-electron chi connectivity index (χ3n) is 5.58. The molecular formula is C29H27FNO6PS. The Hall–Kier alpha value is -3.78. The Balaban J connectivity index is 1.57. The van der Waals surface area contributed by atoms with Crippen LogP contribution in [0.25, 0.3) is 10.1 Å². The summed E-state index contributed by atoms with van der Waals surface area (Å²) in [7, 11) is -4.38. The van der Waals surface area contributed by atoms with Crippen molar-refractivity contribution >= 4 is 40.9 Å². The number of esters is 2. The summed E-state index contributed by atoms with van der Waals surface area (Å²) in [6, 6.07) is 22.3. The number of fused-ring (bicyclic) bond motifs is 1. The molecule has 202 valence electrons. The van der Waals surface area contributed by atoms with Crippen LogP contribution in [0.4, 0.5) is 4.39 Å². The minimum absolute atomic E-state index is 0.0149. The fraction of sp³-hybridized carbons (Fsp3) is 0.172. The number of ether oxygens (including phenoxy) is 2. The van der Waals surface area contributed by atoms with Crippen LogP contribution in [-0.2, 0) is 25.4 Å². The van der Waals surface area contributed by atoms with Crippen molar-refractivity contribution < 1.29 is 32.5 Å². The van der Waals surface area contributed by atoms with Gasteiger partial charge in [-0.1, -0.05) is 67.3 Å². The Morgan fingerprint density at radius 3 is 2.41 bits per heavy atom. The highest BCUT2D eigenvalue weighted by Crippen LogP contribution is 2.58. The number of thiophene rings is 1. The van der Waals surface area contributed by atoms with E-state index in [1.807, 2.05) is 18.2 Å². The van der Waals surface area contributed by atoms with E-state index in [9.17, 15) is 14.2 Å². The molecule has 0 aliphatic rings. The van der Waals surface area contributed by atoms with Gasteiger partial charge in [-0.3, -0.25) is 9.36 Å². The zero-order chi connectivity index (χ0) is 27.8. The summed E-state index contributed by atoms with van der Waals surface area (Å²) in [6.07, 6.45) is 1.47. The summed E-state index contributed by atoms with van der Waals surface area (Å²) in [6.45, 7) is 5.04. The van der Waals surface area contributed by atoms with E-state index in [0.29, 0.717) is 10.3 Å². The molecule has 0 spiro atoms. The van der Waals surface area contributed by atoms with Crippen molar-refractivity contribution in [2.75, 3.05) is 6.61 Å². The van der Waals surface area contributed by atoms with Crippen LogP contribution in [-0.4, -0.2) is 24.6 Å². The first-order valence-corrected chi connectivity index (χ1v) is 14.6. The van der Waals surface area contributed by atoms with Crippen LogP contribution < -0.4 is 9.61 Å². The molecule has 0 bridgehead atoms. The Kier molecular flexibility index (Phi) is 9.30. The average Bonchev–Trinajstić information content (AvgIpc) is 3.39. The maximum atomic E-state index is 16.1. The highest BCUT2D eigenvalue weighted by Gasteiger charge is 2.40. The highest BCUT2D eigenvalue weighted by molar-refractivity contribution is 7.57. The van der Waals surface area contributed by atoms with Gasteiger partial charge in [0.15, 0.2) is 0 Å². The van der Waals surface area contributed by atoms with Crippen LogP contribution in [0.2, 0.25) is 0 Å². The van der Waals surface area contributed by atoms with E-state index in [-0.39, 0.29) is 24.5 Å². The molecule has 7 nitrogen and oxygen atoms in total. The number of carbonyl (C=O) groups is 2. The molecule has 0 saturated carbocycles. The monoisotopic (exact) mass is 567 g/mol. The lowest BCUT2D eigenvalue weighted by Gasteiger charge is -2.26. The fourth-order valence-electron chi connectivity index (χ4n) is 3.66. The Morgan fingerprint density at radius 1 is 1.03 bits per heavy atom. The largest absolute Gasteiger partial charge is 0.460 e. The fourth-order valence-corrected chi connectivity index (χ4v) is 6.51. The second kappa shape index (κ2) is 12.8. The van der Waals surface area contributed by atoms with Crippen LogP contribution in [0.1, 0.15) is 33.6 Å². The molecule has 0 aliphatic heterocycles. The molecule has 0 saturated heterocycles. The molecule has 0 fully saturated rings. The SMILES string of the molecule is C=CCOC(=O)c1cc2cc([C@H](F)P(=O)(N[C@@H](C)C(=O)OCc3ccccc3)Oc3ccccc3)ccc2s1. The summed E-state index contributed by atoms with van der Waals surface area (Å²) < 4.78 is 47.0. The van der Waals surface area contributed by atoms with E-state index in [0.717, 1.165) is 10.3 Å². The molecule has 1 heterocycles. The van der Waals surface area contributed by atoms with E-state index in [1.165, 1.54) is 36.5 Å². The molecule has 1 aromatic heterocycles. The normalized spacial score (nSPS) is 14.1. The molecule has 10 heteroatoms. The first-order chi connectivity index (χ1) is 18.8. The van der Waals surface area contributed by atoms with Crippen molar-refractivity contribution in [3.63, 3.8) is 0 Å². The summed E-state index contributed by atoms with van der Waals surface area (Å²) >= 11 is 1.20. The van der Waals surface area contributed by atoms with Crippen LogP contribution in [0.5, 0.6) is 5.75 Å². The van der Waals surface area contributed by atoms with E-state index in [1.54, 1.807) is 54.6 Å². The lowest BCUT2D eigenvalue weighted by atomic mass is 10.2. The minimum Gasteiger partial charge on any atom is -0.460 e. The van der Waals surface area contributed by atoms with Gasteiger partial charge in [0.1, 0.15) is 29.9 Å². The van der Waals surface area contributed by atoms with E-state index < -0.39 is 31.4 Å². The van der Waals surface area contributed by atoms with Crippen molar-refractivity contribution in [2.45, 2.75) is 25.5 Å². The van der Waals surface area contributed by atoms with Gasteiger partial charge in [-0.05, 0) is 53.8 Å². The molecule has 4 rings (SSSR count). The molecule has 4 aromatic rings. The van der Waals surface area contributed by atoms with E-state index >= 15 is 4.39 Å². The highest BCUT2D eigenvalue weighted by atomic mass is 32.1. The number of halogens is 1. The third kappa shape index (κ3) is 7.20. The predicted molar refractivity (Wildman–Crippen MR) is 150 cm³/mol. The number of nitrogens with one attached hydrogen (secondary N) is 1. The molecule has 3 aromatic carbocycles. The minimum atomic E-state index is -4.38. The van der Waals surface area contributed by atoms with Crippen molar-refractivity contribution in [2.24, 2.45) is 0 Å². The Morgan fingerprint density at radius 2 is 1.72 bits per heavy atom. The van der Waals surface area contributed by atoms with Gasteiger partial charge in [-0.2, -0.15) is 0 Å². The lowest BCUT2D eigenvalue weighted by Crippen LogP contribution is -2.35. The summed E-state index contributed by atoms with van der Waals surface area (Å²) in [5.74, 6) is -3.19. The predicted octanol–water partition coefficient (Wildman–Crippen LogP) is 7.21. The second-order valence-electron chi connectivity index (χ2n) is 8.58. The van der Waals surface area contributed by atoms with E-state index in [4.69, 9.17) is 14.0 Å². The molecule has 0 radical (unpaired) electrons. The smallest absolute Gasteiger partial charge is 0.355 e. The zero-order valence-electron chi connectivity index (χ0n) is 21.1. The molecule has 0 aliphatic carbocycles. The number of hydrogen-bond acceptors (Lipinski definition) is 7. The number of rotatable bonds is 12. The number of carbonyl (C=O) groups excluding carboxylic acids is 2. The standard InChI is InChI=1S/C29H27FNO6PS/c1-3-16-35-29(33)26-18-23-17-22(14-15-25(23)39-26)27(30)38(34,37-24-12-8-5-9-13-24)31-20(2)28(32)36-19-21-10-6-4-7-11-21/h3-15,17-18,20,27H,1,16,19H2,2H3,(H,31,34)/t20-,27+,38?/m0/s1. The molecule has 1 N–H and O–H groups in total. The molecule has 3 atom stereocenters. The second-order valence-corrected chi connectivity index (χ2v) is 11.7. The van der Waals surface area contributed by atoms with Gasteiger partial charge in [-0.25, -0.2) is 14.3 Å². The molecular weight excluding hydrogens is 540 g/mol. The number of benzene rings is 3. The van der Waals surface area contributed by atoms with Crippen LogP contribution in [0, 0.1) is 0 Å². The van der Waals surface area contributed by atoms with Gasteiger partial charge < -0.3 is 14.0 Å². The van der Waals surface area contributed by atoms with Crippen molar-refractivity contribution in [3.05, 3.63) is 114 Å². The Labute approximate surface area is 229 Å². The first kappa shape index (κ1) is 28.2. The van der Waals surface area contributed by atoms with E-state index in [2.05, 4.69) is 11.7 Å². The van der Waals surface area contributed by atoms with Gasteiger partial charge in [0, 0.05) is 4.70 Å². The average molecular weight is 568 g/mol.